The van der Waals surface area contributed by atoms with Crippen LogP contribution < -0.4 is 15.1 Å². The number of quaternary nitrogens is 1. The van der Waals surface area contributed by atoms with E-state index in [2.05, 4.69) is 34.7 Å². The van der Waals surface area contributed by atoms with Crippen molar-refractivity contribution in [2.24, 2.45) is 5.92 Å². The highest BCUT2D eigenvalue weighted by Crippen LogP contribution is 2.25. The summed E-state index contributed by atoms with van der Waals surface area (Å²) in [5, 5.41) is 5.51. The monoisotopic (exact) mass is 430 g/mol. The SMILES string of the molecule is C[C@@H](NC(=O)C1CCCCC1)[C@@H](c1cccs1)[NH+]1CCN(c2ccc(F)cc2)CC1. The molecular weight excluding hydrogens is 397 g/mol. The van der Waals surface area contributed by atoms with Crippen LogP contribution in [0.2, 0.25) is 0 Å². The van der Waals surface area contributed by atoms with Crippen molar-refractivity contribution < 1.29 is 14.1 Å². The zero-order valence-corrected chi connectivity index (χ0v) is 18.6. The summed E-state index contributed by atoms with van der Waals surface area (Å²) in [6, 6.07) is 11.5. The molecule has 0 bridgehead atoms. The summed E-state index contributed by atoms with van der Waals surface area (Å²) in [7, 11) is 0. The first-order chi connectivity index (χ1) is 14.6. The summed E-state index contributed by atoms with van der Waals surface area (Å²) in [6.07, 6.45) is 5.69. The molecule has 2 heterocycles. The minimum atomic E-state index is -0.191. The number of carbonyl (C=O) groups is 1. The van der Waals surface area contributed by atoms with E-state index in [0.717, 1.165) is 44.7 Å². The Morgan fingerprint density at radius 3 is 2.47 bits per heavy atom. The second-order valence-electron chi connectivity index (χ2n) is 8.75. The number of amides is 1. The van der Waals surface area contributed by atoms with Gasteiger partial charge in [-0.2, -0.15) is 0 Å². The van der Waals surface area contributed by atoms with Gasteiger partial charge in [0.15, 0.2) is 0 Å². The molecule has 0 radical (unpaired) electrons. The fourth-order valence-electron chi connectivity index (χ4n) is 5.07. The van der Waals surface area contributed by atoms with E-state index in [4.69, 9.17) is 0 Å². The van der Waals surface area contributed by atoms with Crippen molar-refractivity contribution in [3.05, 3.63) is 52.5 Å². The summed E-state index contributed by atoms with van der Waals surface area (Å²) < 4.78 is 13.3. The maximum atomic E-state index is 13.3. The molecule has 1 aromatic carbocycles. The van der Waals surface area contributed by atoms with Gasteiger partial charge >= 0.3 is 0 Å². The molecule has 1 aliphatic heterocycles. The molecule has 4 nitrogen and oxygen atoms in total. The zero-order valence-electron chi connectivity index (χ0n) is 17.8. The number of nitrogens with one attached hydrogen (secondary N) is 2. The molecular formula is C24H33FN3OS+. The van der Waals surface area contributed by atoms with Gasteiger partial charge < -0.3 is 15.1 Å². The fraction of sp³-hybridized carbons (Fsp3) is 0.542. The predicted molar refractivity (Wildman–Crippen MR) is 121 cm³/mol. The first-order valence-electron chi connectivity index (χ1n) is 11.3. The number of carbonyl (C=O) groups excluding carboxylic acids is 1. The van der Waals surface area contributed by atoms with E-state index in [-0.39, 0.29) is 29.7 Å². The highest BCUT2D eigenvalue weighted by Gasteiger charge is 2.35. The molecule has 1 aromatic heterocycles. The molecule has 1 saturated carbocycles. The van der Waals surface area contributed by atoms with E-state index in [1.807, 2.05) is 12.1 Å². The molecule has 162 valence electrons. The van der Waals surface area contributed by atoms with Crippen molar-refractivity contribution in [1.82, 2.24) is 5.32 Å². The van der Waals surface area contributed by atoms with Crippen LogP contribution in [-0.4, -0.2) is 38.1 Å². The molecule has 1 aliphatic carbocycles. The Morgan fingerprint density at radius 1 is 1.13 bits per heavy atom. The maximum absolute atomic E-state index is 13.3. The van der Waals surface area contributed by atoms with Gasteiger partial charge in [0.1, 0.15) is 11.9 Å². The van der Waals surface area contributed by atoms with E-state index in [9.17, 15) is 9.18 Å². The number of hydrogen-bond donors (Lipinski definition) is 2. The second-order valence-corrected chi connectivity index (χ2v) is 9.73. The van der Waals surface area contributed by atoms with Gasteiger partial charge in [0.25, 0.3) is 0 Å². The average molecular weight is 431 g/mol. The lowest BCUT2D eigenvalue weighted by molar-refractivity contribution is -0.933. The molecule has 2 N–H and O–H groups in total. The van der Waals surface area contributed by atoms with E-state index in [1.165, 1.54) is 41.2 Å². The van der Waals surface area contributed by atoms with Crippen LogP contribution >= 0.6 is 11.3 Å². The molecule has 0 spiro atoms. The Bertz CT molecular complexity index is 796. The standard InChI is InChI=1S/C24H32FN3OS/c1-18(26-24(29)19-6-3-2-4-7-19)23(22-8-5-17-30-22)28-15-13-27(14-16-28)21-11-9-20(25)10-12-21/h5,8-12,17-19,23H,2-4,6-7,13-16H2,1H3,(H,26,29)/p+1/t18-,23+/m1/s1. The molecule has 6 heteroatoms. The number of hydrogen-bond acceptors (Lipinski definition) is 3. The van der Waals surface area contributed by atoms with Gasteiger partial charge in [0, 0.05) is 11.6 Å². The van der Waals surface area contributed by atoms with Crippen LogP contribution in [0.15, 0.2) is 41.8 Å². The Balaban J connectivity index is 1.41. The Hall–Kier alpha value is -1.92. The van der Waals surface area contributed by atoms with Gasteiger partial charge in [-0.25, -0.2) is 4.39 Å². The smallest absolute Gasteiger partial charge is 0.223 e. The van der Waals surface area contributed by atoms with Gasteiger partial charge in [0.05, 0.1) is 37.1 Å². The number of halogens is 1. The molecule has 2 aliphatic rings. The van der Waals surface area contributed by atoms with Gasteiger partial charge in [0.2, 0.25) is 5.91 Å². The lowest BCUT2D eigenvalue weighted by Crippen LogP contribution is -3.16. The molecule has 1 saturated heterocycles. The van der Waals surface area contributed by atoms with Crippen LogP contribution in [0.1, 0.15) is 49.9 Å². The molecule has 1 amide bonds. The van der Waals surface area contributed by atoms with Crippen LogP contribution in [0, 0.1) is 11.7 Å². The van der Waals surface area contributed by atoms with Gasteiger partial charge in [-0.05, 0) is 55.5 Å². The summed E-state index contributed by atoms with van der Waals surface area (Å²) >= 11 is 1.79. The summed E-state index contributed by atoms with van der Waals surface area (Å²) in [4.78, 5) is 18.1. The maximum Gasteiger partial charge on any atom is 0.223 e. The lowest BCUT2D eigenvalue weighted by atomic mass is 9.88. The predicted octanol–water partition coefficient (Wildman–Crippen LogP) is 3.42. The van der Waals surface area contributed by atoms with Crippen LogP contribution in [0.25, 0.3) is 0 Å². The number of anilines is 1. The second kappa shape index (κ2) is 9.92. The summed E-state index contributed by atoms with van der Waals surface area (Å²) in [6.45, 7) is 6.05. The average Bonchev–Trinajstić information content (AvgIpc) is 3.30. The van der Waals surface area contributed by atoms with E-state index >= 15 is 0 Å². The number of rotatable bonds is 6. The van der Waals surface area contributed by atoms with E-state index in [0.29, 0.717) is 0 Å². The lowest BCUT2D eigenvalue weighted by Gasteiger charge is -2.39. The van der Waals surface area contributed by atoms with Crippen molar-refractivity contribution in [2.75, 3.05) is 31.1 Å². The largest absolute Gasteiger partial charge is 0.360 e. The number of thiophene rings is 1. The summed E-state index contributed by atoms with van der Waals surface area (Å²) in [5.74, 6) is 0.243. The highest BCUT2D eigenvalue weighted by atomic mass is 32.1. The van der Waals surface area contributed by atoms with E-state index in [1.54, 1.807) is 11.3 Å². The minimum Gasteiger partial charge on any atom is -0.360 e. The van der Waals surface area contributed by atoms with Gasteiger partial charge in [-0.1, -0.05) is 25.3 Å². The minimum absolute atomic E-state index is 0.102. The first-order valence-corrected chi connectivity index (χ1v) is 12.2. The number of nitrogens with zero attached hydrogens (tertiary/aromatic N) is 1. The van der Waals surface area contributed by atoms with E-state index < -0.39 is 0 Å². The van der Waals surface area contributed by atoms with Crippen LogP contribution in [0.5, 0.6) is 0 Å². The fourth-order valence-corrected chi connectivity index (χ4v) is 6.06. The van der Waals surface area contributed by atoms with Crippen molar-refractivity contribution in [2.45, 2.75) is 51.1 Å². The Kier molecular flexibility index (Phi) is 7.05. The third-order valence-electron chi connectivity index (χ3n) is 6.73. The van der Waals surface area contributed by atoms with Gasteiger partial charge in [-0.15, -0.1) is 11.3 Å². The quantitative estimate of drug-likeness (QED) is 0.737. The summed E-state index contributed by atoms with van der Waals surface area (Å²) in [5.41, 5.74) is 1.08. The zero-order chi connectivity index (χ0) is 20.9. The van der Waals surface area contributed by atoms with Crippen molar-refractivity contribution in [3.8, 4) is 0 Å². The first kappa shape index (κ1) is 21.3. The number of piperazine rings is 1. The van der Waals surface area contributed by atoms with Crippen molar-refractivity contribution in [1.29, 1.82) is 0 Å². The highest BCUT2D eigenvalue weighted by molar-refractivity contribution is 7.10. The molecule has 2 aromatic rings. The molecule has 4 rings (SSSR count). The van der Waals surface area contributed by atoms with Crippen LogP contribution in [0.4, 0.5) is 10.1 Å². The number of benzene rings is 1. The molecule has 0 unspecified atom stereocenters. The van der Waals surface area contributed by atoms with Crippen molar-refractivity contribution >= 4 is 22.9 Å². The normalized spacial score (nSPS) is 20.7. The topological polar surface area (TPSA) is 36.8 Å². The molecule has 2 fully saturated rings. The third kappa shape index (κ3) is 5.03. The van der Waals surface area contributed by atoms with Gasteiger partial charge in [-0.3, -0.25) is 4.79 Å². The third-order valence-corrected chi connectivity index (χ3v) is 7.69. The molecule has 2 atom stereocenters. The van der Waals surface area contributed by atoms with Crippen molar-refractivity contribution in [3.63, 3.8) is 0 Å². The van der Waals surface area contributed by atoms with Crippen LogP contribution in [-0.2, 0) is 4.79 Å². The Labute approximate surface area is 183 Å². The Morgan fingerprint density at radius 2 is 1.83 bits per heavy atom. The van der Waals surface area contributed by atoms with Crippen LogP contribution in [0.3, 0.4) is 0 Å². The molecule has 30 heavy (non-hydrogen) atoms.